The third-order valence-corrected chi connectivity index (χ3v) is 8.90. The van der Waals surface area contributed by atoms with Crippen molar-refractivity contribution in [3.63, 3.8) is 0 Å². The first-order valence-electron chi connectivity index (χ1n) is 13.1. The summed E-state index contributed by atoms with van der Waals surface area (Å²) in [6.07, 6.45) is 4.07. The van der Waals surface area contributed by atoms with Gasteiger partial charge in [0.15, 0.2) is 0 Å². The van der Waals surface area contributed by atoms with Gasteiger partial charge in [0, 0.05) is 30.4 Å². The number of halogens is 1. The van der Waals surface area contributed by atoms with Crippen molar-refractivity contribution in [2.75, 3.05) is 26.0 Å². The number of hydrogen-bond donors (Lipinski definition) is 3. The molecule has 0 saturated heterocycles. The lowest BCUT2D eigenvalue weighted by Gasteiger charge is -2.53. The summed E-state index contributed by atoms with van der Waals surface area (Å²) in [6.45, 7) is 2.77. The standard InChI is InChI=1S/C29H37FN2O4/c1-29-16-25(36-19-6-10-24(23(30)15-19)31-27(35)12-13-32(2)3)28-20-8-5-18(33)14-17(20)4-7-21(28)22(29)9-11-26(29)34/h5-6,8,10,14-15,21-22,25-26,28,33-34H,4,7,9,11-13,16H2,1-3H3,(H,31,35)/t21-,22-,25-,26-,28+,29-/m0/s1. The molecular weight excluding hydrogens is 459 g/mol. The maximum Gasteiger partial charge on any atom is 0.225 e. The fourth-order valence-electron chi connectivity index (χ4n) is 7.09. The van der Waals surface area contributed by atoms with Crippen LogP contribution in [0.4, 0.5) is 10.1 Å². The topological polar surface area (TPSA) is 82.0 Å². The zero-order valence-corrected chi connectivity index (χ0v) is 21.3. The van der Waals surface area contributed by atoms with Crippen LogP contribution in [-0.2, 0) is 11.2 Å². The SMILES string of the molecule is CN(C)CCC(=O)Nc1ccc(O[C@H]2C[C@]3(C)[C@@H](O)CC[C@H]3[C@@H]3CCc4cc(O)ccc4[C@H]32)cc1F. The summed E-state index contributed by atoms with van der Waals surface area (Å²) < 4.78 is 21.5. The van der Waals surface area contributed by atoms with Gasteiger partial charge in [0.25, 0.3) is 0 Å². The summed E-state index contributed by atoms with van der Waals surface area (Å²) in [5.74, 6) is 0.819. The number of nitrogens with one attached hydrogen (secondary N) is 1. The van der Waals surface area contributed by atoms with E-state index >= 15 is 0 Å². The maximum absolute atomic E-state index is 15.0. The van der Waals surface area contributed by atoms with Gasteiger partial charge in [0.05, 0.1) is 11.8 Å². The molecule has 2 aromatic carbocycles. The minimum atomic E-state index is -0.531. The molecule has 5 rings (SSSR count). The number of aliphatic hydroxyl groups is 1. The average Bonchev–Trinajstić information content (AvgIpc) is 3.13. The van der Waals surface area contributed by atoms with E-state index in [2.05, 4.69) is 12.2 Å². The van der Waals surface area contributed by atoms with E-state index in [0.29, 0.717) is 30.6 Å². The summed E-state index contributed by atoms with van der Waals surface area (Å²) in [5, 5.41) is 23.6. The Morgan fingerprint density at radius 2 is 2.00 bits per heavy atom. The number of amides is 1. The zero-order chi connectivity index (χ0) is 25.6. The number of carbonyl (C=O) groups excluding carboxylic acids is 1. The number of aliphatic hydroxyl groups excluding tert-OH is 1. The fourth-order valence-corrected chi connectivity index (χ4v) is 7.09. The Balaban J connectivity index is 1.41. The molecular formula is C29H37FN2O4. The number of ether oxygens (including phenoxy) is 1. The Kier molecular flexibility index (Phi) is 6.72. The van der Waals surface area contributed by atoms with E-state index in [-0.39, 0.29) is 47.3 Å². The second kappa shape index (κ2) is 9.67. The molecule has 7 heteroatoms. The number of hydrogen-bond acceptors (Lipinski definition) is 5. The van der Waals surface area contributed by atoms with Crippen LogP contribution in [-0.4, -0.2) is 53.9 Å². The van der Waals surface area contributed by atoms with Gasteiger partial charge < -0.3 is 25.2 Å². The molecule has 0 heterocycles. The molecule has 2 fully saturated rings. The first kappa shape index (κ1) is 25.0. The molecule has 0 unspecified atom stereocenters. The van der Waals surface area contributed by atoms with E-state index in [1.807, 2.05) is 31.1 Å². The van der Waals surface area contributed by atoms with Crippen molar-refractivity contribution >= 4 is 11.6 Å². The number of phenols is 1. The lowest BCUT2D eigenvalue weighted by atomic mass is 9.54. The summed E-state index contributed by atoms with van der Waals surface area (Å²) in [5.41, 5.74) is 2.25. The predicted molar refractivity (Wildman–Crippen MR) is 137 cm³/mol. The number of aryl methyl sites for hydroxylation is 1. The van der Waals surface area contributed by atoms with Crippen molar-refractivity contribution in [3.8, 4) is 11.5 Å². The van der Waals surface area contributed by atoms with Gasteiger partial charge in [-0.25, -0.2) is 4.39 Å². The molecule has 0 aromatic heterocycles. The van der Waals surface area contributed by atoms with Crippen molar-refractivity contribution in [1.29, 1.82) is 0 Å². The first-order valence-corrected chi connectivity index (χ1v) is 13.1. The van der Waals surface area contributed by atoms with Crippen LogP contribution in [0.25, 0.3) is 0 Å². The van der Waals surface area contributed by atoms with E-state index < -0.39 is 5.82 Å². The molecule has 3 aliphatic carbocycles. The molecule has 0 radical (unpaired) electrons. The smallest absolute Gasteiger partial charge is 0.225 e. The van der Waals surface area contributed by atoms with Gasteiger partial charge in [-0.05, 0) is 93.4 Å². The molecule has 3 aliphatic rings. The number of anilines is 1. The van der Waals surface area contributed by atoms with Crippen LogP contribution in [0.1, 0.15) is 56.1 Å². The Morgan fingerprint density at radius 1 is 1.19 bits per heavy atom. The average molecular weight is 497 g/mol. The number of rotatable bonds is 6. The van der Waals surface area contributed by atoms with E-state index in [0.717, 1.165) is 31.2 Å². The molecule has 6 nitrogen and oxygen atoms in total. The van der Waals surface area contributed by atoms with Crippen molar-refractivity contribution in [2.24, 2.45) is 17.3 Å². The Bertz CT molecular complexity index is 1140. The van der Waals surface area contributed by atoms with Crippen LogP contribution in [0.15, 0.2) is 36.4 Å². The van der Waals surface area contributed by atoms with Crippen LogP contribution >= 0.6 is 0 Å². The molecule has 1 amide bonds. The number of nitrogens with zero attached hydrogens (tertiary/aromatic N) is 1. The molecule has 0 aliphatic heterocycles. The predicted octanol–water partition coefficient (Wildman–Crippen LogP) is 4.70. The number of aromatic hydroxyl groups is 1. The molecule has 0 bridgehead atoms. The van der Waals surface area contributed by atoms with E-state index in [4.69, 9.17) is 4.74 Å². The molecule has 6 atom stereocenters. The minimum Gasteiger partial charge on any atom is -0.508 e. The van der Waals surface area contributed by atoms with Crippen molar-refractivity contribution in [2.45, 2.75) is 63.6 Å². The molecule has 2 saturated carbocycles. The highest BCUT2D eigenvalue weighted by atomic mass is 19.1. The third kappa shape index (κ3) is 4.59. The van der Waals surface area contributed by atoms with Crippen LogP contribution in [0.5, 0.6) is 11.5 Å². The molecule has 2 aromatic rings. The van der Waals surface area contributed by atoms with E-state index in [1.54, 1.807) is 18.2 Å². The second-order valence-electron chi connectivity index (χ2n) is 11.4. The summed E-state index contributed by atoms with van der Waals surface area (Å²) in [7, 11) is 3.77. The number of benzene rings is 2. The largest absolute Gasteiger partial charge is 0.508 e. The van der Waals surface area contributed by atoms with Gasteiger partial charge >= 0.3 is 0 Å². The van der Waals surface area contributed by atoms with E-state index in [9.17, 15) is 19.4 Å². The maximum atomic E-state index is 15.0. The number of phenolic OH excluding ortho intramolecular Hbond substituents is 1. The summed E-state index contributed by atoms with van der Waals surface area (Å²) in [4.78, 5) is 14.1. The fraction of sp³-hybridized carbons (Fsp3) is 0.552. The first-order chi connectivity index (χ1) is 17.2. The molecule has 0 spiro atoms. The van der Waals surface area contributed by atoms with Crippen molar-refractivity contribution in [3.05, 3.63) is 53.3 Å². The Morgan fingerprint density at radius 3 is 2.75 bits per heavy atom. The highest BCUT2D eigenvalue weighted by Crippen LogP contribution is 2.61. The highest BCUT2D eigenvalue weighted by molar-refractivity contribution is 5.91. The molecule has 3 N–H and O–H groups in total. The van der Waals surface area contributed by atoms with Crippen molar-refractivity contribution < 1.29 is 24.1 Å². The summed E-state index contributed by atoms with van der Waals surface area (Å²) >= 11 is 0. The summed E-state index contributed by atoms with van der Waals surface area (Å²) in [6, 6.07) is 10.2. The Labute approximate surface area is 212 Å². The highest BCUT2D eigenvalue weighted by Gasteiger charge is 2.58. The van der Waals surface area contributed by atoms with Crippen LogP contribution in [0.2, 0.25) is 0 Å². The monoisotopic (exact) mass is 496 g/mol. The van der Waals surface area contributed by atoms with E-state index in [1.165, 1.54) is 11.6 Å². The van der Waals surface area contributed by atoms with Gasteiger partial charge in [-0.1, -0.05) is 13.0 Å². The lowest BCUT2D eigenvalue weighted by molar-refractivity contribution is -0.116. The number of carbonyl (C=O) groups is 1. The Hall–Kier alpha value is -2.64. The van der Waals surface area contributed by atoms with Gasteiger partial charge in [0.2, 0.25) is 5.91 Å². The molecule has 36 heavy (non-hydrogen) atoms. The zero-order valence-electron chi connectivity index (χ0n) is 21.3. The number of fused-ring (bicyclic) bond motifs is 5. The van der Waals surface area contributed by atoms with Gasteiger partial charge in [-0.3, -0.25) is 4.79 Å². The van der Waals surface area contributed by atoms with Gasteiger partial charge in [-0.15, -0.1) is 0 Å². The van der Waals surface area contributed by atoms with Crippen molar-refractivity contribution in [1.82, 2.24) is 4.90 Å². The molecule has 194 valence electrons. The van der Waals surface area contributed by atoms with Gasteiger partial charge in [-0.2, -0.15) is 0 Å². The van der Waals surface area contributed by atoms with Crippen LogP contribution < -0.4 is 10.1 Å². The van der Waals surface area contributed by atoms with Crippen LogP contribution in [0.3, 0.4) is 0 Å². The normalized spacial score (nSPS) is 30.9. The van der Waals surface area contributed by atoms with Gasteiger partial charge in [0.1, 0.15) is 23.4 Å². The second-order valence-corrected chi connectivity index (χ2v) is 11.4. The minimum absolute atomic E-state index is 0.117. The third-order valence-electron chi connectivity index (χ3n) is 8.90. The lowest BCUT2D eigenvalue weighted by Crippen LogP contribution is -2.51. The van der Waals surface area contributed by atoms with Crippen LogP contribution in [0, 0.1) is 23.1 Å². The quantitative estimate of drug-likeness (QED) is 0.540.